The third kappa shape index (κ3) is 3.01. The number of carboxylic acid groups (broad SMARTS) is 1. The molecule has 1 rings (SSSR count). The lowest BCUT2D eigenvalue weighted by Crippen LogP contribution is -2.28. The highest BCUT2D eigenvalue weighted by molar-refractivity contribution is 7.89. The van der Waals surface area contributed by atoms with E-state index in [1.807, 2.05) is 0 Å². The predicted molar refractivity (Wildman–Crippen MR) is 56.4 cm³/mol. The fourth-order valence-electron chi connectivity index (χ4n) is 1.23. The van der Waals surface area contributed by atoms with Gasteiger partial charge in [-0.3, -0.25) is 0 Å². The second kappa shape index (κ2) is 4.98. The van der Waals surface area contributed by atoms with Gasteiger partial charge in [-0.15, -0.1) is 0 Å². The number of carbonyl (C=O) groups is 1. The summed E-state index contributed by atoms with van der Waals surface area (Å²) in [6.07, 6.45) is -4.24. The SMILES string of the molecule is NS(=O)(=O)c1ccc(C(O)C(O)C(=O)O)c(F)c1. The minimum atomic E-state index is -4.10. The van der Waals surface area contributed by atoms with E-state index in [-0.39, 0.29) is 0 Å². The quantitative estimate of drug-likeness (QED) is 0.555. The van der Waals surface area contributed by atoms with Crippen molar-refractivity contribution < 1.29 is 32.9 Å². The van der Waals surface area contributed by atoms with Crippen molar-refractivity contribution in [1.82, 2.24) is 0 Å². The zero-order chi connectivity index (χ0) is 14.1. The average molecular weight is 279 g/mol. The van der Waals surface area contributed by atoms with Crippen LogP contribution in [0.15, 0.2) is 23.1 Å². The first-order valence-electron chi connectivity index (χ1n) is 4.55. The van der Waals surface area contributed by atoms with E-state index in [1.165, 1.54) is 0 Å². The van der Waals surface area contributed by atoms with Crippen LogP contribution in [0.2, 0.25) is 0 Å². The maximum absolute atomic E-state index is 13.5. The summed E-state index contributed by atoms with van der Waals surface area (Å²) in [4.78, 5) is 9.88. The normalized spacial score (nSPS) is 15.1. The number of aliphatic hydroxyl groups is 2. The van der Waals surface area contributed by atoms with Crippen LogP contribution in [0.1, 0.15) is 11.7 Å². The molecule has 0 radical (unpaired) electrons. The van der Waals surface area contributed by atoms with Gasteiger partial charge in [0.1, 0.15) is 11.9 Å². The van der Waals surface area contributed by atoms with Crippen LogP contribution in [0.5, 0.6) is 0 Å². The average Bonchev–Trinajstić information content (AvgIpc) is 2.25. The molecule has 0 bridgehead atoms. The van der Waals surface area contributed by atoms with Crippen molar-refractivity contribution in [2.24, 2.45) is 5.14 Å². The van der Waals surface area contributed by atoms with Gasteiger partial charge < -0.3 is 15.3 Å². The number of benzene rings is 1. The summed E-state index contributed by atoms with van der Waals surface area (Å²) >= 11 is 0. The zero-order valence-corrected chi connectivity index (χ0v) is 9.63. The van der Waals surface area contributed by atoms with Gasteiger partial charge >= 0.3 is 5.97 Å². The summed E-state index contributed by atoms with van der Waals surface area (Å²) in [5.74, 6) is -2.92. The van der Waals surface area contributed by atoms with Gasteiger partial charge in [0.2, 0.25) is 10.0 Å². The van der Waals surface area contributed by atoms with Crippen molar-refractivity contribution in [3.63, 3.8) is 0 Å². The highest BCUT2D eigenvalue weighted by atomic mass is 32.2. The summed E-state index contributed by atoms with van der Waals surface area (Å²) < 4.78 is 35.3. The molecular formula is C9H10FNO6S. The first-order valence-corrected chi connectivity index (χ1v) is 6.10. The topological polar surface area (TPSA) is 138 Å². The van der Waals surface area contributed by atoms with Gasteiger partial charge in [-0.2, -0.15) is 0 Å². The molecule has 9 heteroatoms. The second-order valence-electron chi connectivity index (χ2n) is 3.46. The van der Waals surface area contributed by atoms with Gasteiger partial charge in [-0.05, 0) is 12.1 Å². The monoisotopic (exact) mass is 279 g/mol. The summed E-state index contributed by atoms with van der Waals surface area (Å²) in [7, 11) is -4.10. The fourth-order valence-corrected chi connectivity index (χ4v) is 1.76. The molecule has 0 aliphatic carbocycles. The minimum Gasteiger partial charge on any atom is -0.479 e. The first-order chi connectivity index (χ1) is 8.14. The van der Waals surface area contributed by atoms with Crippen LogP contribution in [0, 0.1) is 5.82 Å². The van der Waals surface area contributed by atoms with E-state index in [0.717, 1.165) is 12.1 Å². The molecule has 18 heavy (non-hydrogen) atoms. The van der Waals surface area contributed by atoms with Gasteiger partial charge in [0, 0.05) is 5.56 Å². The van der Waals surface area contributed by atoms with Crippen LogP contribution in [-0.2, 0) is 14.8 Å². The van der Waals surface area contributed by atoms with Crippen LogP contribution in [-0.4, -0.2) is 35.8 Å². The summed E-state index contributed by atoms with van der Waals surface area (Å²) in [6, 6.07) is 2.26. The Labute approximate surface area is 101 Å². The Bertz CT molecular complexity index is 572. The standard InChI is InChI=1S/C9H10FNO6S/c10-6-3-4(18(11,16)17)1-2-5(6)7(12)8(13)9(14)15/h1-3,7-8,12-13H,(H,14,15)(H2,11,16,17). The first kappa shape index (κ1) is 14.5. The maximum Gasteiger partial charge on any atom is 0.335 e. The van der Waals surface area contributed by atoms with Gasteiger partial charge in [-0.1, -0.05) is 6.07 Å². The van der Waals surface area contributed by atoms with E-state index >= 15 is 0 Å². The van der Waals surface area contributed by atoms with Crippen molar-refractivity contribution in [3.8, 4) is 0 Å². The molecule has 2 atom stereocenters. The number of rotatable bonds is 4. The smallest absolute Gasteiger partial charge is 0.335 e. The number of hydrogen-bond donors (Lipinski definition) is 4. The van der Waals surface area contributed by atoms with Crippen molar-refractivity contribution in [2.75, 3.05) is 0 Å². The van der Waals surface area contributed by atoms with Crippen LogP contribution in [0.4, 0.5) is 4.39 Å². The Morgan fingerprint density at radius 2 is 1.89 bits per heavy atom. The van der Waals surface area contributed by atoms with Crippen molar-refractivity contribution >= 4 is 16.0 Å². The lowest BCUT2D eigenvalue weighted by molar-refractivity contribution is -0.153. The van der Waals surface area contributed by atoms with Gasteiger partial charge in [0.25, 0.3) is 0 Å². The molecule has 0 amide bonds. The number of halogens is 1. The van der Waals surface area contributed by atoms with Crippen LogP contribution >= 0.6 is 0 Å². The van der Waals surface area contributed by atoms with E-state index in [2.05, 4.69) is 0 Å². The molecule has 1 aromatic carbocycles. The molecular weight excluding hydrogens is 269 g/mol. The molecule has 0 heterocycles. The molecule has 2 unspecified atom stereocenters. The Morgan fingerprint density at radius 1 is 1.33 bits per heavy atom. The van der Waals surface area contributed by atoms with Crippen LogP contribution < -0.4 is 5.14 Å². The van der Waals surface area contributed by atoms with E-state index in [0.29, 0.717) is 6.07 Å². The molecule has 5 N–H and O–H groups in total. The molecule has 0 saturated carbocycles. The molecule has 1 aromatic rings. The molecule has 0 saturated heterocycles. The van der Waals surface area contributed by atoms with Gasteiger partial charge in [0.15, 0.2) is 6.10 Å². The molecule has 0 spiro atoms. The fraction of sp³-hybridized carbons (Fsp3) is 0.222. The maximum atomic E-state index is 13.5. The van der Waals surface area contributed by atoms with Crippen molar-refractivity contribution in [1.29, 1.82) is 0 Å². The molecule has 100 valence electrons. The number of aliphatic hydroxyl groups excluding tert-OH is 2. The molecule has 0 aromatic heterocycles. The number of sulfonamides is 1. The molecule has 0 aliphatic heterocycles. The molecule has 7 nitrogen and oxygen atoms in total. The highest BCUT2D eigenvalue weighted by Crippen LogP contribution is 2.22. The number of hydrogen-bond acceptors (Lipinski definition) is 5. The van der Waals surface area contributed by atoms with Gasteiger partial charge in [-0.25, -0.2) is 22.7 Å². The van der Waals surface area contributed by atoms with E-state index in [9.17, 15) is 22.7 Å². The third-order valence-corrected chi connectivity index (χ3v) is 3.08. The van der Waals surface area contributed by atoms with E-state index in [4.69, 9.17) is 15.4 Å². The van der Waals surface area contributed by atoms with Crippen LogP contribution in [0.25, 0.3) is 0 Å². The Kier molecular flexibility index (Phi) is 4.02. The molecule has 0 aliphatic rings. The van der Waals surface area contributed by atoms with E-state index in [1.54, 1.807) is 0 Å². The van der Waals surface area contributed by atoms with Crippen molar-refractivity contribution in [2.45, 2.75) is 17.1 Å². The lowest BCUT2D eigenvalue weighted by atomic mass is 10.0. The largest absolute Gasteiger partial charge is 0.479 e. The summed E-state index contributed by atoms with van der Waals surface area (Å²) in [5, 5.41) is 31.6. The van der Waals surface area contributed by atoms with Crippen molar-refractivity contribution in [3.05, 3.63) is 29.6 Å². The molecule has 0 fully saturated rings. The highest BCUT2D eigenvalue weighted by Gasteiger charge is 2.28. The Balaban J connectivity index is 3.18. The second-order valence-corrected chi connectivity index (χ2v) is 5.02. The minimum absolute atomic E-state index is 0.527. The number of primary sulfonamides is 1. The number of aliphatic carboxylic acids is 1. The third-order valence-electron chi connectivity index (χ3n) is 2.17. The summed E-state index contributed by atoms with van der Waals surface area (Å²) in [6.45, 7) is 0. The van der Waals surface area contributed by atoms with Gasteiger partial charge in [0.05, 0.1) is 4.90 Å². The predicted octanol–water partition coefficient (Wildman–Crippen LogP) is -1.05. The Morgan fingerprint density at radius 3 is 2.28 bits per heavy atom. The number of carboxylic acids is 1. The number of nitrogens with two attached hydrogens (primary N) is 1. The summed E-state index contributed by atoms with van der Waals surface area (Å²) in [5.41, 5.74) is -0.544. The Hall–Kier alpha value is -1.55. The lowest BCUT2D eigenvalue weighted by Gasteiger charge is -2.15. The zero-order valence-electron chi connectivity index (χ0n) is 8.82. The van der Waals surface area contributed by atoms with Crippen LogP contribution in [0.3, 0.4) is 0 Å². The van der Waals surface area contributed by atoms with E-state index < -0.39 is 44.5 Å².